The molecule has 1 aliphatic carbocycles. The molecule has 6 heteroatoms. The van der Waals surface area contributed by atoms with Gasteiger partial charge in [0.05, 0.1) is 6.61 Å². The van der Waals surface area contributed by atoms with E-state index in [4.69, 9.17) is 4.74 Å². The maximum absolute atomic E-state index is 12.6. The first kappa shape index (κ1) is 18.1. The number of amides is 2. The highest BCUT2D eigenvalue weighted by Crippen LogP contribution is 2.54. The Balaban J connectivity index is 1.31. The van der Waals surface area contributed by atoms with Gasteiger partial charge in [-0.3, -0.25) is 9.69 Å². The van der Waals surface area contributed by atoms with E-state index in [1.165, 1.54) is 0 Å². The van der Waals surface area contributed by atoms with Gasteiger partial charge in [-0.15, -0.1) is 0 Å². The number of carbonyl (C=O) groups is 2. The molecule has 3 saturated heterocycles. The minimum Gasteiger partial charge on any atom is -0.450 e. The summed E-state index contributed by atoms with van der Waals surface area (Å²) in [5, 5.41) is 0. The minimum absolute atomic E-state index is 0.118. The largest absolute Gasteiger partial charge is 0.450 e. The summed E-state index contributed by atoms with van der Waals surface area (Å²) in [7, 11) is 0. The molecule has 5 atom stereocenters. The molecule has 4 rings (SSSR count). The summed E-state index contributed by atoms with van der Waals surface area (Å²) in [6.07, 6.45) is 4.26. The highest BCUT2D eigenvalue weighted by Gasteiger charge is 2.61. The third-order valence-corrected chi connectivity index (χ3v) is 7.29. The molecule has 2 bridgehead atoms. The molecule has 3 aliphatic heterocycles. The van der Waals surface area contributed by atoms with Crippen LogP contribution in [0.5, 0.6) is 0 Å². The minimum atomic E-state index is -0.118. The fraction of sp³-hybridized carbons (Fsp3) is 0.900. The number of hydrogen-bond acceptors (Lipinski definition) is 4. The van der Waals surface area contributed by atoms with Crippen LogP contribution >= 0.6 is 0 Å². The first-order valence-corrected chi connectivity index (χ1v) is 10.6. The Labute approximate surface area is 156 Å². The van der Waals surface area contributed by atoms with Crippen LogP contribution in [-0.2, 0) is 9.53 Å². The second kappa shape index (κ2) is 7.02. The summed E-state index contributed by atoms with van der Waals surface area (Å²) in [6.45, 7) is 10.3. The van der Waals surface area contributed by atoms with Crippen molar-refractivity contribution >= 4 is 12.0 Å². The number of hydrogen-bond donors (Lipinski definition) is 0. The monoisotopic (exact) mass is 363 g/mol. The second-order valence-corrected chi connectivity index (χ2v) is 8.43. The van der Waals surface area contributed by atoms with Crippen molar-refractivity contribution in [2.75, 3.05) is 32.8 Å². The van der Waals surface area contributed by atoms with Crippen molar-refractivity contribution in [3.63, 3.8) is 0 Å². The molecule has 0 aromatic rings. The maximum atomic E-state index is 12.6. The summed E-state index contributed by atoms with van der Waals surface area (Å²) in [4.78, 5) is 31.5. The van der Waals surface area contributed by atoms with E-state index in [1.807, 2.05) is 16.7 Å². The van der Waals surface area contributed by atoms with E-state index in [0.29, 0.717) is 42.5 Å². The molecule has 0 aromatic carbocycles. The summed E-state index contributed by atoms with van der Waals surface area (Å²) >= 11 is 0. The van der Waals surface area contributed by atoms with Crippen molar-refractivity contribution < 1.29 is 14.3 Å². The van der Waals surface area contributed by atoms with Crippen LogP contribution in [0.4, 0.5) is 4.79 Å². The van der Waals surface area contributed by atoms with E-state index in [9.17, 15) is 9.59 Å². The molecule has 6 nitrogen and oxygen atoms in total. The maximum Gasteiger partial charge on any atom is 0.410 e. The van der Waals surface area contributed by atoms with E-state index >= 15 is 0 Å². The topological polar surface area (TPSA) is 53.1 Å². The molecule has 26 heavy (non-hydrogen) atoms. The Bertz CT molecular complexity index is 539. The number of likely N-dealkylation sites (tertiary alicyclic amines) is 1. The number of fused-ring (bicyclic) bond motifs is 3. The molecule has 0 N–H and O–H groups in total. The lowest BCUT2D eigenvalue weighted by Crippen LogP contribution is -2.52. The van der Waals surface area contributed by atoms with Gasteiger partial charge in [0.2, 0.25) is 5.91 Å². The molecule has 0 aromatic heterocycles. The number of carbonyl (C=O) groups excluding carboxylic acids is 2. The highest BCUT2D eigenvalue weighted by atomic mass is 16.6. The van der Waals surface area contributed by atoms with Crippen LogP contribution in [0.3, 0.4) is 0 Å². The van der Waals surface area contributed by atoms with Crippen LogP contribution in [0.15, 0.2) is 0 Å². The van der Waals surface area contributed by atoms with Gasteiger partial charge < -0.3 is 14.5 Å². The van der Waals surface area contributed by atoms with E-state index < -0.39 is 0 Å². The molecule has 0 radical (unpaired) electrons. The molecule has 0 spiro atoms. The van der Waals surface area contributed by atoms with E-state index in [0.717, 1.165) is 51.9 Å². The van der Waals surface area contributed by atoms with Gasteiger partial charge in [-0.05, 0) is 58.3 Å². The van der Waals surface area contributed by atoms with Crippen molar-refractivity contribution in [1.29, 1.82) is 0 Å². The Morgan fingerprint density at radius 1 is 0.962 bits per heavy atom. The van der Waals surface area contributed by atoms with Gasteiger partial charge in [0.1, 0.15) is 0 Å². The number of nitrogens with zero attached hydrogens (tertiary/aromatic N) is 3. The fourth-order valence-electron chi connectivity index (χ4n) is 5.91. The molecule has 146 valence electrons. The zero-order valence-corrected chi connectivity index (χ0v) is 16.4. The summed E-state index contributed by atoms with van der Waals surface area (Å²) in [5.41, 5.74) is 0. The van der Waals surface area contributed by atoms with E-state index in [1.54, 1.807) is 0 Å². The summed E-state index contributed by atoms with van der Waals surface area (Å²) in [5.74, 6) is 1.80. The fourth-order valence-corrected chi connectivity index (χ4v) is 5.91. The normalized spacial score (nSPS) is 38.2. The Hall–Kier alpha value is -1.30. The average molecular weight is 364 g/mol. The molecule has 1 saturated carbocycles. The predicted molar refractivity (Wildman–Crippen MR) is 98.7 cm³/mol. The van der Waals surface area contributed by atoms with Crippen LogP contribution in [0, 0.1) is 17.8 Å². The zero-order valence-electron chi connectivity index (χ0n) is 16.4. The first-order chi connectivity index (χ1) is 12.6. The molecular weight excluding hydrogens is 330 g/mol. The van der Waals surface area contributed by atoms with Gasteiger partial charge in [-0.2, -0.15) is 0 Å². The lowest BCUT2D eigenvalue weighted by atomic mass is 9.96. The van der Waals surface area contributed by atoms with Crippen molar-refractivity contribution in [2.45, 2.75) is 64.6 Å². The summed E-state index contributed by atoms with van der Waals surface area (Å²) in [6, 6.07) is 1.28. The zero-order chi connectivity index (χ0) is 18.4. The SMILES string of the molecule is CCOC(=O)N1C2CCC1CC(N1C[C@@H]3C(C(=O)N(CC)CC)[C@@H]3C1)C2. The van der Waals surface area contributed by atoms with Crippen molar-refractivity contribution in [3.05, 3.63) is 0 Å². The van der Waals surface area contributed by atoms with Crippen LogP contribution < -0.4 is 0 Å². The third kappa shape index (κ3) is 2.90. The second-order valence-electron chi connectivity index (χ2n) is 8.43. The predicted octanol–water partition coefficient (Wildman–Crippen LogP) is 2.18. The van der Waals surface area contributed by atoms with Crippen LogP contribution in [-0.4, -0.2) is 77.6 Å². The smallest absolute Gasteiger partial charge is 0.410 e. The third-order valence-electron chi connectivity index (χ3n) is 7.29. The summed E-state index contributed by atoms with van der Waals surface area (Å²) < 4.78 is 5.26. The lowest BCUT2D eigenvalue weighted by Gasteiger charge is -2.42. The van der Waals surface area contributed by atoms with Crippen molar-refractivity contribution in [3.8, 4) is 0 Å². The quantitative estimate of drug-likeness (QED) is 0.751. The molecule has 3 heterocycles. The van der Waals surface area contributed by atoms with Gasteiger partial charge in [-0.1, -0.05) is 0 Å². The van der Waals surface area contributed by atoms with E-state index in [2.05, 4.69) is 18.7 Å². The molecule has 2 amide bonds. The molecule has 4 aliphatic rings. The lowest BCUT2D eigenvalue weighted by molar-refractivity contribution is -0.133. The average Bonchev–Trinajstić information content (AvgIpc) is 2.99. The highest BCUT2D eigenvalue weighted by molar-refractivity contribution is 5.82. The van der Waals surface area contributed by atoms with Gasteiger partial charge in [0.25, 0.3) is 0 Å². The molecular formula is C20H33N3O3. The van der Waals surface area contributed by atoms with E-state index in [-0.39, 0.29) is 12.0 Å². The van der Waals surface area contributed by atoms with Crippen LogP contribution in [0.2, 0.25) is 0 Å². The van der Waals surface area contributed by atoms with Crippen molar-refractivity contribution in [1.82, 2.24) is 14.7 Å². The molecule has 4 fully saturated rings. The van der Waals surface area contributed by atoms with Gasteiger partial charge in [-0.25, -0.2) is 4.79 Å². The Morgan fingerprint density at radius 2 is 1.54 bits per heavy atom. The first-order valence-electron chi connectivity index (χ1n) is 10.6. The van der Waals surface area contributed by atoms with Gasteiger partial charge in [0.15, 0.2) is 0 Å². The standard InChI is InChI=1S/C20H33N3O3/c1-4-21(5-2)19(24)18-16-11-22(12-17(16)18)15-9-13-7-8-14(10-15)23(13)20(25)26-6-3/h13-18H,4-12H2,1-3H3/t13?,14?,15?,16-,17+,18?. The Morgan fingerprint density at radius 3 is 2.04 bits per heavy atom. The molecule has 3 unspecified atom stereocenters. The Kier molecular flexibility index (Phi) is 4.88. The van der Waals surface area contributed by atoms with Crippen molar-refractivity contribution in [2.24, 2.45) is 17.8 Å². The van der Waals surface area contributed by atoms with Gasteiger partial charge >= 0.3 is 6.09 Å². The number of ether oxygens (including phenoxy) is 1. The van der Waals surface area contributed by atoms with Crippen LogP contribution in [0.25, 0.3) is 0 Å². The number of piperidine rings is 2. The van der Waals surface area contributed by atoms with Gasteiger partial charge in [0, 0.05) is 50.2 Å². The number of rotatable bonds is 5. The van der Waals surface area contributed by atoms with Crippen LogP contribution in [0.1, 0.15) is 46.5 Å².